The number of rotatable bonds is 12. The average Bonchev–Trinajstić information content (AvgIpc) is 3.62. The van der Waals surface area contributed by atoms with Crippen LogP contribution >= 0.6 is 0 Å². The molecule has 0 saturated heterocycles. The Balaban J connectivity index is 1.04. The van der Waals surface area contributed by atoms with Crippen molar-refractivity contribution in [2.75, 3.05) is 13.1 Å². The fourth-order valence-corrected chi connectivity index (χ4v) is 7.54. The molecule has 0 bridgehead atoms. The van der Waals surface area contributed by atoms with Crippen molar-refractivity contribution in [2.24, 2.45) is 17.8 Å². The summed E-state index contributed by atoms with van der Waals surface area (Å²) in [6, 6.07) is 3.98. The summed E-state index contributed by atoms with van der Waals surface area (Å²) in [5.74, 6) is 2.92. The Hall–Kier alpha value is -0.160. The van der Waals surface area contributed by atoms with Crippen LogP contribution in [-0.4, -0.2) is 59.3 Å². The Morgan fingerprint density at radius 1 is 0.600 bits per heavy atom. The molecule has 35 heavy (non-hydrogen) atoms. The third-order valence-corrected chi connectivity index (χ3v) is 9.72. The van der Waals surface area contributed by atoms with Crippen molar-refractivity contribution < 1.29 is 0 Å². The summed E-state index contributed by atoms with van der Waals surface area (Å²) in [5.41, 5.74) is 0.541. The van der Waals surface area contributed by atoms with E-state index in [1.165, 1.54) is 103 Å². The molecule has 0 aromatic rings. The van der Waals surface area contributed by atoms with Gasteiger partial charge >= 0.3 is 0 Å². The van der Waals surface area contributed by atoms with Gasteiger partial charge in [0.2, 0.25) is 0 Å². The van der Waals surface area contributed by atoms with Crippen LogP contribution in [0.1, 0.15) is 125 Å². The normalized spacial score (nSPS) is 36.5. The molecule has 202 valence electrons. The highest BCUT2D eigenvalue weighted by atomic mass is 15.2. The minimum atomic E-state index is 0.250. The highest BCUT2D eigenvalue weighted by Gasteiger charge is 2.44. The van der Waals surface area contributed by atoms with Crippen LogP contribution in [0.4, 0.5) is 0 Å². The van der Waals surface area contributed by atoms with E-state index in [4.69, 9.17) is 0 Å². The van der Waals surface area contributed by atoms with E-state index in [0.717, 1.165) is 48.0 Å². The van der Waals surface area contributed by atoms with Crippen LogP contribution in [-0.2, 0) is 0 Å². The molecule has 0 heterocycles. The zero-order valence-corrected chi connectivity index (χ0v) is 23.9. The standard InChI is InChI=1S/C31H58N4/c1-30(2,3)33-27-14-16-29(17-15-27)35(20-22-6-7-22)21-24-18-23(24)19-31(4,5)34-28-12-10-26(11-13-28)32-25-8-9-25/h22-29,32-34H,6-21H2,1-5H3. The van der Waals surface area contributed by atoms with Crippen molar-refractivity contribution in [3.63, 3.8) is 0 Å². The van der Waals surface area contributed by atoms with Gasteiger partial charge in [0.25, 0.3) is 0 Å². The molecule has 5 fully saturated rings. The Morgan fingerprint density at radius 3 is 1.71 bits per heavy atom. The molecule has 5 rings (SSSR count). The van der Waals surface area contributed by atoms with Crippen molar-refractivity contribution in [3.05, 3.63) is 0 Å². The smallest absolute Gasteiger partial charge is 0.0130 e. The Morgan fingerprint density at radius 2 is 1.14 bits per heavy atom. The van der Waals surface area contributed by atoms with E-state index in [1.54, 1.807) is 0 Å². The SMILES string of the molecule is CC(C)(C)NC1CCC(N(CC2CC2)CC2CC2CC(C)(C)NC2CCC(NC3CC3)CC2)CC1. The van der Waals surface area contributed by atoms with Gasteiger partial charge in [-0.15, -0.1) is 0 Å². The average molecular weight is 487 g/mol. The first kappa shape index (κ1) is 26.4. The first-order valence-corrected chi connectivity index (χ1v) is 15.7. The molecule has 0 aliphatic heterocycles. The lowest BCUT2D eigenvalue weighted by molar-refractivity contribution is 0.123. The van der Waals surface area contributed by atoms with Gasteiger partial charge in [-0.1, -0.05) is 0 Å². The predicted octanol–water partition coefficient (Wildman–Crippen LogP) is 5.86. The van der Waals surface area contributed by atoms with E-state index < -0.39 is 0 Å². The molecule has 4 heteroatoms. The van der Waals surface area contributed by atoms with Gasteiger partial charge in [-0.3, -0.25) is 4.90 Å². The van der Waals surface area contributed by atoms with E-state index in [9.17, 15) is 0 Å². The van der Waals surface area contributed by atoms with E-state index in [0.29, 0.717) is 5.54 Å². The molecule has 2 unspecified atom stereocenters. The lowest BCUT2D eigenvalue weighted by atomic mass is 9.87. The number of hydrogen-bond acceptors (Lipinski definition) is 4. The molecule has 4 nitrogen and oxygen atoms in total. The summed E-state index contributed by atoms with van der Waals surface area (Å²) in [6.45, 7) is 14.7. The Bertz CT molecular complexity index is 660. The van der Waals surface area contributed by atoms with Gasteiger partial charge < -0.3 is 16.0 Å². The molecular weight excluding hydrogens is 428 g/mol. The maximum Gasteiger partial charge on any atom is 0.0130 e. The number of nitrogens with zero attached hydrogens (tertiary/aromatic N) is 1. The molecule has 2 atom stereocenters. The first-order valence-electron chi connectivity index (χ1n) is 15.7. The lowest BCUT2D eigenvalue weighted by Gasteiger charge is -2.39. The molecule has 0 aromatic carbocycles. The highest BCUT2D eigenvalue weighted by Crippen LogP contribution is 2.46. The summed E-state index contributed by atoms with van der Waals surface area (Å²) in [6.07, 6.45) is 19.7. The predicted molar refractivity (Wildman–Crippen MR) is 149 cm³/mol. The molecule has 5 aliphatic carbocycles. The van der Waals surface area contributed by atoms with Crippen molar-refractivity contribution in [2.45, 2.75) is 166 Å². The quantitative estimate of drug-likeness (QED) is 0.323. The van der Waals surface area contributed by atoms with Crippen LogP contribution < -0.4 is 16.0 Å². The molecule has 0 aromatic heterocycles. The van der Waals surface area contributed by atoms with Gasteiger partial charge in [-0.25, -0.2) is 0 Å². The summed E-state index contributed by atoms with van der Waals surface area (Å²) < 4.78 is 0. The molecule has 5 aliphatic rings. The zero-order valence-electron chi connectivity index (χ0n) is 23.9. The van der Waals surface area contributed by atoms with Gasteiger partial charge in [0.1, 0.15) is 0 Å². The molecule has 0 radical (unpaired) electrons. The van der Waals surface area contributed by atoms with E-state index in [-0.39, 0.29) is 5.54 Å². The minimum Gasteiger partial charge on any atom is -0.311 e. The monoisotopic (exact) mass is 486 g/mol. The molecule has 0 amide bonds. The van der Waals surface area contributed by atoms with Crippen molar-refractivity contribution in [1.29, 1.82) is 0 Å². The summed E-state index contributed by atoms with van der Waals surface area (Å²) in [5, 5.41) is 11.8. The van der Waals surface area contributed by atoms with Crippen LogP contribution in [0, 0.1) is 17.8 Å². The zero-order chi connectivity index (χ0) is 24.6. The van der Waals surface area contributed by atoms with Crippen molar-refractivity contribution in [1.82, 2.24) is 20.9 Å². The third-order valence-electron chi connectivity index (χ3n) is 9.72. The first-order chi connectivity index (χ1) is 16.6. The molecular formula is C31H58N4. The van der Waals surface area contributed by atoms with Gasteiger partial charge in [0.15, 0.2) is 0 Å². The van der Waals surface area contributed by atoms with Crippen molar-refractivity contribution >= 4 is 0 Å². The summed E-state index contributed by atoms with van der Waals surface area (Å²) in [7, 11) is 0. The van der Waals surface area contributed by atoms with Gasteiger partial charge in [0, 0.05) is 54.4 Å². The van der Waals surface area contributed by atoms with E-state index >= 15 is 0 Å². The maximum absolute atomic E-state index is 4.11. The fourth-order valence-electron chi connectivity index (χ4n) is 7.54. The lowest BCUT2D eigenvalue weighted by Crippen LogP contribution is -2.49. The Labute approximate surface area is 217 Å². The highest BCUT2D eigenvalue weighted by molar-refractivity contribution is 4.98. The molecule has 5 saturated carbocycles. The van der Waals surface area contributed by atoms with Gasteiger partial charge in [0.05, 0.1) is 0 Å². The van der Waals surface area contributed by atoms with Crippen LogP contribution in [0.25, 0.3) is 0 Å². The number of nitrogens with one attached hydrogen (secondary N) is 3. The topological polar surface area (TPSA) is 39.3 Å². The van der Waals surface area contributed by atoms with Gasteiger partial charge in [-0.2, -0.15) is 0 Å². The maximum atomic E-state index is 4.11. The van der Waals surface area contributed by atoms with E-state index in [1.807, 2.05) is 0 Å². The van der Waals surface area contributed by atoms with Crippen molar-refractivity contribution in [3.8, 4) is 0 Å². The summed E-state index contributed by atoms with van der Waals surface area (Å²) in [4.78, 5) is 2.98. The molecule has 3 N–H and O–H groups in total. The molecule has 0 spiro atoms. The number of hydrogen-bond donors (Lipinski definition) is 3. The Kier molecular flexibility index (Phi) is 8.24. The second-order valence-electron chi connectivity index (χ2n) is 15.3. The van der Waals surface area contributed by atoms with Crippen LogP contribution in [0.3, 0.4) is 0 Å². The second kappa shape index (κ2) is 10.9. The van der Waals surface area contributed by atoms with Gasteiger partial charge in [-0.05, 0) is 142 Å². The fraction of sp³-hybridized carbons (Fsp3) is 1.00. The largest absolute Gasteiger partial charge is 0.311 e. The minimum absolute atomic E-state index is 0.250. The summed E-state index contributed by atoms with van der Waals surface area (Å²) >= 11 is 0. The van der Waals surface area contributed by atoms with Crippen LogP contribution in [0.2, 0.25) is 0 Å². The van der Waals surface area contributed by atoms with E-state index in [2.05, 4.69) is 55.5 Å². The van der Waals surface area contributed by atoms with Crippen LogP contribution in [0.5, 0.6) is 0 Å². The van der Waals surface area contributed by atoms with Crippen LogP contribution in [0.15, 0.2) is 0 Å². The third kappa shape index (κ3) is 8.69. The second-order valence-corrected chi connectivity index (χ2v) is 15.3.